The third-order valence-electron chi connectivity index (χ3n) is 1.95. The number of hydrogen-bond acceptors (Lipinski definition) is 6. The highest BCUT2D eigenvalue weighted by atomic mass is 35.5. The zero-order chi connectivity index (χ0) is 15.8. The van der Waals surface area contributed by atoms with Gasteiger partial charge in [-0.2, -0.15) is 0 Å². The molecule has 0 aliphatic heterocycles. The first-order chi connectivity index (χ1) is 9.15. The largest absolute Gasteiger partial charge is 1.00 e. The Hall–Kier alpha value is -0.420. The molecule has 0 saturated carbocycles. The molecule has 1 aromatic rings. The van der Waals surface area contributed by atoms with Crippen LogP contribution in [0.15, 0.2) is 18.7 Å². The molecule has 1 rings (SSSR count). The Labute approximate surface area is 128 Å². The molecule has 0 fully saturated rings. The average Bonchev–Trinajstić information content (AvgIpc) is 2.74. The molecule has 0 spiro atoms. The van der Waals surface area contributed by atoms with Gasteiger partial charge in [0.25, 0.3) is 0 Å². The van der Waals surface area contributed by atoms with Crippen molar-refractivity contribution in [2.45, 2.75) is 25.3 Å². The quantitative estimate of drug-likeness (QED) is 0.285. The van der Waals surface area contributed by atoms with Crippen molar-refractivity contribution < 1.29 is 33.7 Å². The van der Waals surface area contributed by atoms with Crippen LogP contribution in [-0.2, 0) is 23.5 Å². The lowest BCUT2D eigenvalue weighted by Crippen LogP contribution is -2.38. The number of rotatable bonds is 6. The number of halogens is 2. The van der Waals surface area contributed by atoms with Gasteiger partial charge in [0.15, 0.2) is 0 Å². The normalized spacial score (nSPS) is 14.3. The van der Waals surface area contributed by atoms with Crippen LogP contribution in [0.25, 0.3) is 0 Å². The molecule has 1 heterocycles. The second-order valence-corrected chi connectivity index (χ2v) is 5.27. The van der Waals surface area contributed by atoms with E-state index in [4.69, 9.17) is 40.7 Å². The summed E-state index contributed by atoms with van der Waals surface area (Å²) in [5.41, 5.74) is 0. The second kappa shape index (κ2) is 9.50. The standard InChI is InChI=1S/C9H15Cl2N2O2.H2O4S/c10-3-8(14)5-12-1-2-13(7-12)6-9(15)4-11;1-5(2,3)4/h1-2,7-9,14-15H,3-6H2;(H2,1,2,3,4)/q+1;/p-1. The van der Waals surface area contributed by atoms with Crippen LogP contribution < -0.4 is 4.57 Å². The Morgan fingerprint density at radius 1 is 1.25 bits per heavy atom. The average molecular weight is 351 g/mol. The number of aliphatic hydroxyl groups is 2. The van der Waals surface area contributed by atoms with Crippen molar-refractivity contribution in [3.63, 3.8) is 0 Å². The Bertz CT molecular complexity index is 452. The molecule has 0 bridgehead atoms. The first-order valence-electron chi connectivity index (χ1n) is 5.35. The molecular formula is C9H16Cl2N2O6S. The van der Waals surface area contributed by atoms with E-state index in [2.05, 4.69) is 0 Å². The van der Waals surface area contributed by atoms with Crippen molar-refractivity contribution >= 4 is 33.6 Å². The second-order valence-electron chi connectivity index (χ2n) is 3.83. The van der Waals surface area contributed by atoms with Gasteiger partial charge < -0.3 is 19.3 Å². The fourth-order valence-electron chi connectivity index (χ4n) is 1.24. The van der Waals surface area contributed by atoms with Gasteiger partial charge in [-0.1, -0.05) is 0 Å². The highest BCUT2D eigenvalue weighted by Gasteiger charge is 2.11. The van der Waals surface area contributed by atoms with E-state index in [1.807, 2.05) is 21.5 Å². The molecule has 0 aliphatic rings. The monoisotopic (exact) mass is 350 g/mol. The molecule has 0 aromatic carbocycles. The summed E-state index contributed by atoms with van der Waals surface area (Å²) < 4.78 is 37.7. The maximum atomic E-state index is 9.32. The molecular weight excluding hydrogens is 335 g/mol. The maximum absolute atomic E-state index is 9.32. The highest BCUT2D eigenvalue weighted by Crippen LogP contribution is 1.94. The van der Waals surface area contributed by atoms with Crippen LogP contribution in [0.1, 0.15) is 1.43 Å². The summed E-state index contributed by atoms with van der Waals surface area (Å²) in [6.07, 6.45) is 4.33. The predicted octanol–water partition coefficient (Wildman–Crippen LogP) is -1.25. The molecule has 0 aliphatic carbocycles. The third kappa shape index (κ3) is 11.4. The number of nitrogens with zero attached hydrogens (tertiary/aromatic N) is 2. The van der Waals surface area contributed by atoms with Crippen molar-refractivity contribution in [3.05, 3.63) is 18.7 Å². The van der Waals surface area contributed by atoms with Crippen molar-refractivity contribution in [2.24, 2.45) is 0 Å². The third-order valence-corrected chi connectivity index (χ3v) is 2.66. The van der Waals surface area contributed by atoms with Crippen LogP contribution in [0.4, 0.5) is 0 Å². The van der Waals surface area contributed by atoms with Crippen molar-refractivity contribution in [1.29, 1.82) is 0 Å². The number of hydrogen-bond donors (Lipinski definition) is 2. The molecule has 1 aromatic heterocycles. The fourth-order valence-corrected chi connectivity index (χ4v) is 1.43. The Kier molecular flexibility index (Phi) is 9.30. The zero-order valence-corrected chi connectivity index (χ0v) is 12.6. The van der Waals surface area contributed by atoms with E-state index in [9.17, 15) is 10.2 Å². The Morgan fingerprint density at radius 2 is 1.75 bits per heavy atom. The van der Waals surface area contributed by atoms with Crippen LogP contribution in [-0.4, -0.2) is 56.3 Å². The predicted molar refractivity (Wildman–Crippen MR) is 69.7 cm³/mol. The number of alkyl halides is 2. The van der Waals surface area contributed by atoms with E-state index in [-0.39, 0.29) is 13.2 Å². The summed E-state index contributed by atoms with van der Waals surface area (Å²) in [5.74, 6) is 0.422. The van der Waals surface area contributed by atoms with E-state index in [1.165, 1.54) is 0 Å². The SMILES string of the molecule is O=S(=O)([O-])[O-].OC(CCl)Cn1cc[n+](CC(O)CCl)c1.[H+]. The summed E-state index contributed by atoms with van der Waals surface area (Å²) >= 11 is 11.0. The topological polar surface area (TPSA) is 130 Å². The zero-order valence-electron chi connectivity index (χ0n) is 11.3. The van der Waals surface area contributed by atoms with Gasteiger partial charge in [-0.3, -0.25) is 8.42 Å². The highest BCUT2D eigenvalue weighted by molar-refractivity contribution is 7.79. The minimum atomic E-state index is -5.17. The maximum Gasteiger partial charge on any atom is 1.00 e. The van der Waals surface area contributed by atoms with Crippen LogP contribution in [0, 0.1) is 0 Å². The van der Waals surface area contributed by atoms with Gasteiger partial charge in [-0.15, -0.1) is 23.2 Å². The molecule has 0 amide bonds. The van der Waals surface area contributed by atoms with Crippen LogP contribution >= 0.6 is 23.2 Å². The van der Waals surface area contributed by atoms with Gasteiger partial charge >= 0.3 is 1.43 Å². The first kappa shape index (κ1) is 19.6. The van der Waals surface area contributed by atoms with E-state index >= 15 is 0 Å². The molecule has 2 unspecified atom stereocenters. The van der Waals surface area contributed by atoms with Gasteiger partial charge in [-0.05, 0) is 0 Å². The molecule has 8 nitrogen and oxygen atoms in total. The molecule has 0 radical (unpaired) electrons. The van der Waals surface area contributed by atoms with E-state index in [1.54, 1.807) is 6.33 Å². The van der Waals surface area contributed by atoms with Crippen molar-refractivity contribution in [1.82, 2.24) is 4.57 Å². The van der Waals surface area contributed by atoms with Crippen LogP contribution in [0.5, 0.6) is 0 Å². The minimum absolute atomic E-state index is 0. The summed E-state index contributed by atoms with van der Waals surface area (Å²) in [7, 11) is -5.17. The van der Waals surface area contributed by atoms with Gasteiger partial charge in [0, 0.05) is 10.4 Å². The van der Waals surface area contributed by atoms with E-state index < -0.39 is 22.6 Å². The van der Waals surface area contributed by atoms with E-state index in [0.29, 0.717) is 13.1 Å². The summed E-state index contributed by atoms with van der Waals surface area (Å²) in [5, 5.41) is 18.6. The lowest BCUT2D eigenvalue weighted by molar-refractivity contribution is -0.702. The number of imidazole rings is 1. The molecule has 2 atom stereocenters. The first-order valence-corrected chi connectivity index (χ1v) is 7.75. The lowest BCUT2D eigenvalue weighted by Gasteiger charge is -2.06. The van der Waals surface area contributed by atoms with Gasteiger partial charge in [0.2, 0.25) is 6.33 Å². The Morgan fingerprint density at radius 3 is 2.20 bits per heavy atom. The van der Waals surface area contributed by atoms with Crippen molar-refractivity contribution in [2.75, 3.05) is 11.8 Å². The summed E-state index contributed by atoms with van der Waals surface area (Å²) in [4.78, 5) is 0. The van der Waals surface area contributed by atoms with Crippen LogP contribution in [0.2, 0.25) is 0 Å². The number of aromatic nitrogens is 2. The van der Waals surface area contributed by atoms with Gasteiger partial charge in [0.1, 0.15) is 37.7 Å². The van der Waals surface area contributed by atoms with Gasteiger partial charge in [0.05, 0.1) is 11.8 Å². The van der Waals surface area contributed by atoms with Gasteiger partial charge in [-0.25, -0.2) is 9.13 Å². The molecule has 0 saturated heterocycles. The molecule has 11 heteroatoms. The fraction of sp³-hybridized carbons (Fsp3) is 0.667. The molecule has 2 N–H and O–H groups in total. The summed E-state index contributed by atoms with van der Waals surface area (Å²) in [6, 6.07) is 0. The molecule has 118 valence electrons. The number of aliphatic hydroxyl groups excluding tert-OH is 2. The van der Waals surface area contributed by atoms with Crippen LogP contribution in [0.3, 0.4) is 0 Å². The summed E-state index contributed by atoms with van der Waals surface area (Å²) in [6.45, 7) is 0.904. The van der Waals surface area contributed by atoms with E-state index in [0.717, 1.165) is 0 Å². The lowest BCUT2D eigenvalue weighted by atomic mass is 10.4. The smallest absolute Gasteiger partial charge is 0.759 e. The molecule has 20 heavy (non-hydrogen) atoms. The van der Waals surface area contributed by atoms with Crippen molar-refractivity contribution in [3.8, 4) is 0 Å². The minimum Gasteiger partial charge on any atom is -0.759 e. The Balaban J connectivity index is 0.